The van der Waals surface area contributed by atoms with Crippen LogP contribution >= 0.6 is 0 Å². The standard InChI is InChI=1S/C16H26N4/c1-12-6-8-20(9-7-12)15-17-10-14(13(2)19-15)11-18-16(3,4)5/h6,10,18H,7-9,11H2,1-5H3. The smallest absolute Gasteiger partial charge is 0.225 e. The molecule has 0 atom stereocenters. The van der Waals surface area contributed by atoms with Crippen LogP contribution in [-0.2, 0) is 6.54 Å². The third-order valence-corrected chi connectivity index (χ3v) is 3.60. The summed E-state index contributed by atoms with van der Waals surface area (Å²) >= 11 is 0. The number of nitrogens with zero attached hydrogens (tertiary/aromatic N) is 3. The van der Waals surface area contributed by atoms with Crippen LogP contribution in [0.5, 0.6) is 0 Å². The Bertz CT molecular complexity index is 500. The highest BCUT2D eigenvalue weighted by atomic mass is 15.2. The Morgan fingerprint density at radius 1 is 1.30 bits per heavy atom. The summed E-state index contributed by atoms with van der Waals surface area (Å²) in [6, 6.07) is 0. The van der Waals surface area contributed by atoms with E-state index in [1.807, 2.05) is 6.20 Å². The Kier molecular flexibility index (Phi) is 4.43. The predicted molar refractivity (Wildman–Crippen MR) is 83.9 cm³/mol. The first kappa shape index (κ1) is 15.0. The molecule has 1 aromatic rings. The second-order valence-electron chi connectivity index (χ2n) is 6.63. The lowest BCUT2D eigenvalue weighted by Gasteiger charge is -2.26. The van der Waals surface area contributed by atoms with Gasteiger partial charge in [0.05, 0.1) is 0 Å². The second kappa shape index (κ2) is 5.92. The van der Waals surface area contributed by atoms with Crippen LogP contribution in [0, 0.1) is 6.92 Å². The summed E-state index contributed by atoms with van der Waals surface area (Å²) in [6.45, 7) is 13.5. The van der Waals surface area contributed by atoms with E-state index in [2.05, 4.69) is 60.9 Å². The van der Waals surface area contributed by atoms with E-state index < -0.39 is 0 Å². The van der Waals surface area contributed by atoms with Crippen LogP contribution in [-0.4, -0.2) is 28.6 Å². The topological polar surface area (TPSA) is 41.1 Å². The molecule has 0 unspecified atom stereocenters. The van der Waals surface area contributed by atoms with Gasteiger partial charge in [-0.3, -0.25) is 0 Å². The summed E-state index contributed by atoms with van der Waals surface area (Å²) in [5.74, 6) is 0.853. The highest BCUT2D eigenvalue weighted by Gasteiger charge is 2.15. The molecule has 1 aliphatic heterocycles. The van der Waals surface area contributed by atoms with Crippen LogP contribution in [0.4, 0.5) is 5.95 Å². The number of hydrogen-bond acceptors (Lipinski definition) is 4. The molecule has 0 aromatic carbocycles. The van der Waals surface area contributed by atoms with Crippen molar-refractivity contribution in [3.05, 3.63) is 29.1 Å². The maximum Gasteiger partial charge on any atom is 0.225 e. The number of anilines is 1. The van der Waals surface area contributed by atoms with Crippen LogP contribution in [0.3, 0.4) is 0 Å². The minimum absolute atomic E-state index is 0.111. The van der Waals surface area contributed by atoms with Crippen molar-refractivity contribution in [2.24, 2.45) is 0 Å². The Balaban J connectivity index is 2.06. The first-order valence-corrected chi connectivity index (χ1v) is 7.33. The zero-order chi connectivity index (χ0) is 14.8. The van der Waals surface area contributed by atoms with Crippen LogP contribution in [0.1, 0.15) is 45.4 Å². The molecule has 4 heteroatoms. The van der Waals surface area contributed by atoms with Gasteiger partial charge >= 0.3 is 0 Å². The van der Waals surface area contributed by atoms with E-state index in [0.29, 0.717) is 0 Å². The average molecular weight is 274 g/mol. The van der Waals surface area contributed by atoms with Gasteiger partial charge in [-0.1, -0.05) is 11.6 Å². The monoisotopic (exact) mass is 274 g/mol. The van der Waals surface area contributed by atoms with Gasteiger partial charge in [0.15, 0.2) is 0 Å². The van der Waals surface area contributed by atoms with Crippen molar-refractivity contribution in [3.63, 3.8) is 0 Å². The molecule has 0 fully saturated rings. The SMILES string of the molecule is CC1=CCN(c2ncc(CNC(C)(C)C)c(C)n2)CC1. The summed E-state index contributed by atoms with van der Waals surface area (Å²) in [5, 5.41) is 3.48. The van der Waals surface area contributed by atoms with Crippen molar-refractivity contribution in [3.8, 4) is 0 Å². The predicted octanol–water partition coefficient (Wildman–Crippen LogP) is 2.83. The van der Waals surface area contributed by atoms with E-state index in [4.69, 9.17) is 0 Å². The first-order chi connectivity index (χ1) is 9.35. The van der Waals surface area contributed by atoms with Crippen LogP contribution in [0.15, 0.2) is 17.8 Å². The molecule has 0 aliphatic carbocycles. The van der Waals surface area contributed by atoms with E-state index in [1.165, 1.54) is 11.1 Å². The van der Waals surface area contributed by atoms with E-state index >= 15 is 0 Å². The lowest BCUT2D eigenvalue weighted by Crippen LogP contribution is -2.35. The second-order valence-corrected chi connectivity index (χ2v) is 6.63. The normalized spacial score (nSPS) is 16.2. The first-order valence-electron chi connectivity index (χ1n) is 7.33. The van der Waals surface area contributed by atoms with Crippen molar-refractivity contribution in [2.75, 3.05) is 18.0 Å². The Morgan fingerprint density at radius 2 is 2.05 bits per heavy atom. The Morgan fingerprint density at radius 3 is 2.60 bits per heavy atom. The summed E-state index contributed by atoms with van der Waals surface area (Å²) in [7, 11) is 0. The van der Waals surface area contributed by atoms with Crippen LogP contribution in [0.2, 0.25) is 0 Å². The highest BCUT2D eigenvalue weighted by Crippen LogP contribution is 2.17. The lowest BCUT2D eigenvalue weighted by atomic mass is 10.1. The molecular weight excluding hydrogens is 248 g/mol. The molecule has 0 saturated heterocycles. The Labute approximate surface area is 122 Å². The van der Waals surface area contributed by atoms with Gasteiger partial charge in [0, 0.05) is 42.6 Å². The molecular formula is C16H26N4. The molecule has 2 heterocycles. The molecule has 0 saturated carbocycles. The average Bonchev–Trinajstić information content (AvgIpc) is 2.37. The van der Waals surface area contributed by atoms with Crippen molar-refractivity contribution in [1.29, 1.82) is 0 Å². The van der Waals surface area contributed by atoms with Gasteiger partial charge in [-0.2, -0.15) is 0 Å². The van der Waals surface area contributed by atoms with Gasteiger partial charge in [0.2, 0.25) is 5.95 Å². The minimum Gasteiger partial charge on any atom is -0.337 e. The molecule has 0 spiro atoms. The number of nitrogens with one attached hydrogen (secondary N) is 1. The van der Waals surface area contributed by atoms with E-state index in [0.717, 1.165) is 37.7 Å². The van der Waals surface area contributed by atoms with Gasteiger partial charge in [-0.05, 0) is 41.0 Å². The van der Waals surface area contributed by atoms with Crippen LogP contribution < -0.4 is 10.2 Å². The van der Waals surface area contributed by atoms with Crippen molar-refractivity contribution in [2.45, 2.75) is 53.1 Å². The third kappa shape index (κ3) is 4.04. The summed E-state index contributed by atoms with van der Waals surface area (Å²) < 4.78 is 0. The zero-order valence-corrected chi connectivity index (χ0v) is 13.3. The molecule has 0 bridgehead atoms. The third-order valence-electron chi connectivity index (χ3n) is 3.60. The quantitative estimate of drug-likeness (QED) is 0.861. The molecule has 0 radical (unpaired) electrons. The lowest BCUT2D eigenvalue weighted by molar-refractivity contribution is 0.423. The molecule has 1 aromatic heterocycles. The number of aryl methyl sites for hydroxylation is 1. The maximum absolute atomic E-state index is 4.67. The number of aromatic nitrogens is 2. The molecule has 2 rings (SSSR count). The maximum atomic E-state index is 4.67. The summed E-state index contributed by atoms with van der Waals surface area (Å²) in [4.78, 5) is 11.4. The fourth-order valence-electron chi connectivity index (χ4n) is 2.12. The van der Waals surface area contributed by atoms with E-state index in [-0.39, 0.29) is 5.54 Å². The molecule has 110 valence electrons. The van der Waals surface area contributed by atoms with Crippen molar-refractivity contribution in [1.82, 2.24) is 15.3 Å². The molecule has 20 heavy (non-hydrogen) atoms. The van der Waals surface area contributed by atoms with Gasteiger partial charge in [-0.15, -0.1) is 0 Å². The van der Waals surface area contributed by atoms with Gasteiger partial charge in [0.1, 0.15) is 0 Å². The molecule has 1 N–H and O–H groups in total. The largest absolute Gasteiger partial charge is 0.337 e. The fraction of sp³-hybridized carbons (Fsp3) is 0.625. The Hall–Kier alpha value is -1.42. The van der Waals surface area contributed by atoms with Gasteiger partial charge < -0.3 is 10.2 Å². The van der Waals surface area contributed by atoms with Gasteiger partial charge in [0.25, 0.3) is 0 Å². The summed E-state index contributed by atoms with van der Waals surface area (Å²) in [6.07, 6.45) is 5.33. The zero-order valence-electron chi connectivity index (χ0n) is 13.3. The molecule has 4 nitrogen and oxygen atoms in total. The van der Waals surface area contributed by atoms with Crippen LogP contribution in [0.25, 0.3) is 0 Å². The van der Waals surface area contributed by atoms with Gasteiger partial charge in [-0.25, -0.2) is 9.97 Å². The highest BCUT2D eigenvalue weighted by molar-refractivity contribution is 5.36. The van der Waals surface area contributed by atoms with E-state index in [1.54, 1.807) is 0 Å². The minimum atomic E-state index is 0.111. The molecule has 1 aliphatic rings. The van der Waals surface area contributed by atoms with Crippen molar-refractivity contribution < 1.29 is 0 Å². The number of hydrogen-bond donors (Lipinski definition) is 1. The number of rotatable bonds is 3. The van der Waals surface area contributed by atoms with E-state index in [9.17, 15) is 0 Å². The summed E-state index contributed by atoms with van der Waals surface area (Å²) in [5.41, 5.74) is 3.81. The fourth-order valence-corrected chi connectivity index (χ4v) is 2.12. The van der Waals surface area contributed by atoms with Crippen molar-refractivity contribution >= 4 is 5.95 Å². The molecule has 0 amide bonds.